The Labute approximate surface area is 180 Å². The molecule has 11 nitrogen and oxygen atoms in total. The lowest BCUT2D eigenvalue weighted by molar-refractivity contribution is -0.143. The average molecular weight is 448 g/mol. The maximum atomic E-state index is 12.7. The highest BCUT2D eigenvalue weighted by Gasteiger charge is 2.32. The van der Waals surface area contributed by atoms with Crippen LogP contribution in [0.25, 0.3) is 0 Å². The number of rotatable bonds is 15. The van der Waals surface area contributed by atoms with Gasteiger partial charge in [-0.3, -0.25) is 19.2 Å². The van der Waals surface area contributed by atoms with Crippen LogP contribution in [-0.2, 0) is 24.0 Å². The van der Waals surface area contributed by atoms with Crippen LogP contribution in [0.4, 0.5) is 0 Å². The Morgan fingerprint density at radius 1 is 1.00 bits per heavy atom. The fourth-order valence-electron chi connectivity index (χ4n) is 2.52. The van der Waals surface area contributed by atoms with E-state index in [1.807, 2.05) is 13.2 Å². The second-order valence-corrected chi connectivity index (χ2v) is 7.87. The van der Waals surface area contributed by atoms with E-state index >= 15 is 0 Å². The summed E-state index contributed by atoms with van der Waals surface area (Å²) in [5.41, 5.74) is 10.3. The summed E-state index contributed by atoms with van der Waals surface area (Å²) in [4.78, 5) is 59.4. The molecule has 172 valence electrons. The smallest absolute Gasteiger partial charge is 0.326 e. The molecule has 0 aromatic carbocycles. The van der Waals surface area contributed by atoms with Crippen molar-refractivity contribution < 1.29 is 29.1 Å². The molecule has 0 fully saturated rings. The number of nitrogens with one attached hydrogen (secondary N) is 3. The highest BCUT2D eigenvalue weighted by molar-refractivity contribution is 7.98. The van der Waals surface area contributed by atoms with Crippen molar-refractivity contribution in [2.24, 2.45) is 17.4 Å². The molecule has 0 aromatic rings. The molecule has 0 saturated heterocycles. The SMILES string of the molecule is CCC(C)C(NC(=O)C(CCSC)NC(=O)CN)C(=O)NC(CCC(N)=O)C(=O)O. The van der Waals surface area contributed by atoms with Crippen molar-refractivity contribution in [3.05, 3.63) is 0 Å². The fourth-order valence-corrected chi connectivity index (χ4v) is 2.99. The van der Waals surface area contributed by atoms with Gasteiger partial charge in [0.2, 0.25) is 23.6 Å². The summed E-state index contributed by atoms with van der Waals surface area (Å²) in [5.74, 6) is -3.47. The summed E-state index contributed by atoms with van der Waals surface area (Å²) >= 11 is 1.49. The number of carbonyl (C=O) groups is 5. The minimum absolute atomic E-state index is 0.166. The maximum absolute atomic E-state index is 12.7. The molecule has 0 aliphatic carbocycles. The minimum atomic E-state index is -1.32. The monoisotopic (exact) mass is 447 g/mol. The van der Waals surface area contributed by atoms with Crippen LogP contribution in [-0.4, -0.2) is 71.4 Å². The Balaban J connectivity index is 5.37. The molecule has 12 heteroatoms. The molecule has 30 heavy (non-hydrogen) atoms. The minimum Gasteiger partial charge on any atom is -0.480 e. The molecular formula is C18H33N5O6S. The van der Waals surface area contributed by atoms with Crippen LogP contribution in [0.5, 0.6) is 0 Å². The molecule has 0 radical (unpaired) electrons. The van der Waals surface area contributed by atoms with Crippen LogP contribution in [0.15, 0.2) is 0 Å². The molecule has 4 unspecified atom stereocenters. The summed E-state index contributed by atoms with van der Waals surface area (Å²) in [6, 6.07) is -3.22. The molecular weight excluding hydrogens is 414 g/mol. The number of hydrogen-bond donors (Lipinski definition) is 6. The summed E-state index contributed by atoms with van der Waals surface area (Å²) < 4.78 is 0. The van der Waals surface area contributed by atoms with E-state index in [4.69, 9.17) is 11.5 Å². The summed E-state index contributed by atoms with van der Waals surface area (Å²) in [7, 11) is 0. The van der Waals surface area contributed by atoms with Gasteiger partial charge in [-0.05, 0) is 30.8 Å². The maximum Gasteiger partial charge on any atom is 0.326 e. The van der Waals surface area contributed by atoms with Crippen LogP contribution in [0.3, 0.4) is 0 Å². The van der Waals surface area contributed by atoms with Crippen LogP contribution < -0.4 is 27.4 Å². The van der Waals surface area contributed by atoms with E-state index in [2.05, 4.69) is 16.0 Å². The van der Waals surface area contributed by atoms with Gasteiger partial charge >= 0.3 is 5.97 Å². The molecule has 0 heterocycles. The second kappa shape index (κ2) is 14.6. The highest BCUT2D eigenvalue weighted by Crippen LogP contribution is 2.11. The van der Waals surface area contributed by atoms with Crippen molar-refractivity contribution in [3.63, 3.8) is 0 Å². The molecule has 0 aliphatic rings. The molecule has 0 aromatic heterocycles. The number of thioether (sulfide) groups is 1. The fraction of sp³-hybridized carbons (Fsp3) is 0.722. The van der Waals surface area contributed by atoms with Crippen LogP contribution in [0.1, 0.15) is 39.5 Å². The van der Waals surface area contributed by atoms with Crippen molar-refractivity contribution in [1.29, 1.82) is 0 Å². The number of primary amides is 1. The Morgan fingerprint density at radius 2 is 1.63 bits per heavy atom. The van der Waals surface area contributed by atoms with E-state index < -0.39 is 47.7 Å². The first-order chi connectivity index (χ1) is 14.1. The molecule has 0 saturated carbocycles. The van der Waals surface area contributed by atoms with Crippen molar-refractivity contribution in [1.82, 2.24) is 16.0 Å². The lowest BCUT2D eigenvalue weighted by atomic mass is 9.97. The molecule has 0 bridgehead atoms. The predicted molar refractivity (Wildman–Crippen MR) is 113 cm³/mol. The molecule has 0 rings (SSSR count). The molecule has 0 spiro atoms. The van der Waals surface area contributed by atoms with Crippen molar-refractivity contribution >= 4 is 41.4 Å². The summed E-state index contributed by atoms with van der Waals surface area (Å²) in [5, 5.41) is 16.8. The van der Waals surface area contributed by atoms with Gasteiger partial charge in [-0.15, -0.1) is 0 Å². The Bertz CT molecular complexity index is 618. The number of carboxylic acids is 1. The van der Waals surface area contributed by atoms with E-state index in [9.17, 15) is 29.1 Å². The van der Waals surface area contributed by atoms with E-state index in [1.165, 1.54) is 11.8 Å². The second-order valence-electron chi connectivity index (χ2n) is 6.88. The first kappa shape index (κ1) is 27.7. The van der Waals surface area contributed by atoms with E-state index in [1.54, 1.807) is 6.92 Å². The quantitative estimate of drug-likeness (QED) is 0.175. The highest BCUT2D eigenvalue weighted by atomic mass is 32.2. The zero-order chi connectivity index (χ0) is 23.3. The van der Waals surface area contributed by atoms with Gasteiger partial charge in [0.1, 0.15) is 18.1 Å². The van der Waals surface area contributed by atoms with Gasteiger partial charge in [0.05, 0.1) is 6.54 Å². The topological polar surface area (TPSA) is 194 Å². The van der Waals surface area contributed by atoms with E-state index in [0.29, 0.717) is 18.6 Å². The van der Waals surface area contributed by atoms with Crippen LogP contribution >= 0.6 is 11.8 Å². The van der Waals surface area contributed by atoms with Crippen molar-refractivity contribution in [2.45, 2.75) is 57.7 Å². The molecule has 0 aliphatic heterocycles. The van der Waals surface area contributed by atoms with Gasteiger partial charge in [0.25, 0.3) is 0 Å². The first-order valence-corrected chi connectivity index (χ1v) is 11.1. The Hall–Kier alpha value is -2.34. The number of nitrogens with two attached hydrogens (primary N) is 2. The van der Waals surface area contributed by atoms with Crippen LogP contribution in [0.2, 0.25) is 0 Å². The van der Waals surface area contributed by atoms with Gasteiger partial charge in [-0.25, -0.2) is 4.79 Å². The number of carbonyl (C=O) groups excluding carboxylic acids is 4. The Morgan fingerprint density at radius 3 is 2.10 bits per heavy atom. The molecule has 4 atom stereocenters. The third-order valence-corrected chi connectivity index (χ3v) is 5.18. The van der Waals surface area contributed by atoms with Gasteiger partial charge in [0.15, 0.2) is 0 Å². The lowest BCUT2D eigenvalue weighted by Gasteiger charge is -2.27. The van der Waals surface area contributed by atoms with E-state index in [-0.39, 0.29) is 25.3 Å². The van der Waals surface area contributed by atoms with E-state index in [0.717, 1.165) is 0 Å². The number of amides is 4. The zero-order valence-electron chi connectivity index (χ0n) is 17.6. The Kier molecular flexibility index (Phi) is 13.5. The first-order valence-electron chi connectivity index (χ1n) is 9.67. The van der Waals surface area contributed by atoms with Gasteiger partial charge in [0, 0.05) is 6.42 Å². The average Bonchev–Trinajstić information content (AvgIpc) is 2.70. The van der Waals surface area contributed by atoms with Crippen molar-refractivity contribution in [3.8, 4) is 0 Å². The molecule has 4 amide bonds. The number of aliphatic carboxylic acids is 1. The predicted octanol–water partition coefficient (Wildman–Crippen LogP) is -1.45. The number of hydrogen-bond acceptors (Lipinski definition) is 7. The third-order valence-electron chi connectivity index (χ3n) is 4.53. The van der Waals surface area contributed by atoms with Gasteiger partial charge in [-0.1, -0.05) is 20.3 Å². The van der Waals surface area contributed by atoms with Crippen LogP contribution in [0, 0.1) is 5.92 Å². The lowest BCUT2D eigenvalue weighted by Crippen LogP contribution is -2.58. The van der Waals surface area contributed by atoms with Crippen molar-refractivity contribution in [2.75, 3.05) is 18.6 Å². The zero-order valence-corrected chi connectivity index (χ0v) is 18.4. The van der Waals surface area contributed by atoms with Gasteiger partial charge < -0.3 is 32.5 Å². The summed E-state index contributed by atoms with van der Waals surface area (Å²) in [6.45, 7) is 3.28. The number of carboxylic acid groups (broad SMARTS) is 1. The molecule has 8 N–H and O–H groups in total. The largest absolute Gasteiger partial charge is 0.480 e. The standard InChI is InChI=1S/C18H33N5O6S/c1-4-10(2)15(17(27)22-12(18(28)29)5-6-13(20)24)23-16(26)11(7-8-30-3)21-14(25)9-19/h10-12,15H,4-9,19H2,1-3H3,(H2,20,24)(H,21,25)(H,22,27)(H,23,26)(H,28,29). The normalized spacial score (nSPS) is 14.7. The summed E-state index contributed by atoms with van der Waals surface area (Å²) in [6.07, 6.45) is 2.35. The van der Waals surface area contributed by atoms with Gasteiger partial charge in [-0.2, -0.15) is 11.8 Å². The third kappa shape index (κ3) is 10.4.